The van der Waals surface area contributed by atoms with Gasteiger partial charge in [-0.05, 0) is 24.1 Å². The van der Waals surface area contributed by atoms with E-state index in [9.17, 15) is 4.79 Å². The van der Waals surface area contributed by atoms with Gasteiger partial charge in [-0.1, -0.05) is 30.3 Å². The van der Waals surface area contributed by atoms with Gasteiger partial charge in [0.05, 0.1) is 6.54 Å². The number of carbonyl (C=O) groups is 1. The third-order valence-corrected chi connectivity index (χ3v) is 4.20. The van der Waals surface area contributed by atoms with Gasteiger partial charge in [-0.15, -0.1) is 12.4 Å². The molecule has 7 heteroatoms. The summed E-state index contributed by atoms with van der Waals surface area (Å²) in [6.45, 7) is 3.37. The standard InChI is InChI=1S/C20H25N3O3.ClH/c21-9-11-23(10-8-16-4-2-1-3-5-16)15-20(24)22-17-6-7-18-19(14-17)26-13-12-25-18;/h1-7,14H,8-13,15,21H2,(H,22,24);1H. The van der Waals surface area contributed by atoms with Crippen molar-refractivity contribution in [3.05, 3.63) is 54.1 Å². The minimum absolute atomic E-state index is 0. The van der Waals surface area contributed by atoms with Gasteiger partial charge in [0, 0.05) is 31.4 Å². The number of fused-ring (bicyclic) bond motifs is 1. The maximum absolute atomic E-state index is 12.4. The number of hydrogen-bond acceptors (Lipinski definition) is 5. The number of carbonyl (C=O) groups excluding carboxylic acids is 1. The lowest BCUT2D eigenvalue weighted by atomic mass is 10.1. The van der Waals surface area contributed by atoms with Crippen LogP contribution < -0.4 is 20.5 Å². The van der Waals surface area contributed by atoms with E-state index in [2.05, 4.69) is 22.3 Å². The number of anilines is 1. The molecule has 1 aliphatic heterocycles. The number of rotatable bonds is 8. The van der Waals surface area contributed by atoms with Crippen molar-refractivity contribution >= 4 is 24.0 Å². The van der Waals surface area contributed by atoms with Gasteiger partial charge in [-0.25, -0.2) is 0 Å². The van der Waals surface area contributed by atoms with Crippen LogP contribution in [0.2, 0.25) is 0 Å². The minimum atomic E-state index is -0.0665. The maximum atomic E-state index is 12.4. The van der Waals surface area contributed by atoms with E-state index in [-0.39, 0.29) is 18.3 Å². The molecule has 0 spiro atoms. The summed E-state index contributed by atoms with van der Waals surface area (Å²) in [5.74, 6) is 1.31. The molecule has 2 aromatic rings. The first-order valence-electron chi connectivity index (χ1n) is 8.90. The SMILES string of the molecule is Cl.NCCN(CCc1ccccc1)CC(=O)Nc1ccc2c(c1)OCCO2. The molecule has 2 aromatic carbocycles. The van der Waals surface area contributed by atoms with E-state index in [1.54, 1.807) is 6.07 Å². The van der Waals surface area contributed by atoms with Crippen LogP contribution in [-0.2, 0) is 11.2 Å². The lowest BCUT2D eigenvalue weighted by molar-refractivity contribution is -0.117. The molecule has 1 heterocycles. The molecule has 0 aromatic heterocycles. The molecule has 27 heavy (non-hydrogen) atoms. The molecule has 0 saturated carbocycles. The van der Waals surface area contributed by atoms with E-state index in [0.717, 1.165) is 13.0 Å². The summed E-state index contributed by atoms with van der Waals surface area (Å²) in [7, 11) is 0. The zero-order chi connectivity index (χ0) is 18.2. The Morgan fingerprint density at radius 2 is 1.78 bits per heavy atom. The molecular formula is C20H26ClN3O3. The summed E-state index contributed by atoms with van der Waals surface area (Å²) in [5.41, 5.74) is 7.65. The molecule has 146 valence electrons. The van der Waals surface area contributed by atoms with Gasteiger partial charge in [-0.2, -0.15) is 0 Å². The van der Waals surface area contributed by atoms with E-state index in [0.29, 0.717) is 50.0 Å². The van der Waals surface area contributed by atoms with Crippen LogP contribution in [0.1, 0.15) is 5.56 Å². The largest absolute Gasteiger partial charge is 0.486 e. The molecule has 6 nitrogen and oxygen atoms in total. The van der Waals surface area contributed by atoms with Crippen molar-refractivity contribution in [2.75, 3.05) is 44.7 Å². The molecule has 1 amide bonds. The molecule has 0 radical (unpaired) electrons. The second-order valence-corrected chi connectivity index (χ2v) is 6.21. The zero-order valence-corrected chi connectivity index (χ0v) is 16.0. The third-order valence-electron chi connectivity index (χ3n) is 4.20. The molecule has 1 aliphatic rings. The average molecular weight is 392 g/mol. The number of amides is 1. The van der Waals surface area contributed by atoms with E-state index in [4.69, 9.17) is 15.2 Å². The van der Waals surface area contributed by atoms with Crippen molar-refractivity contribution in [1.29, 1.82) is 0 Å². The highest BCUT2D eigenvalue weighted by Gasteiger charge is 2.14. The van der Waals surface area contributed by atoms with E-state index >= 15 is 0 Å². The summed E-state index contributed by atoms with van der Waals surface area (Å²) in [5, 5.41) is 2.92. The second-order valence-electron chi connectivity index (χ2n) is 6.21. The highest BCUT2D eigenvalue weighted by Crippen LogP contribution is 2.32. The molecule has 0 fully saturated rings. The summed E-state index contributed by atoms with van der Waals surface area (Å²) in [4.78, 5) is 14.5. The highest BCUT2D eigenvalue weighted by molar-refractivity contribution is 5.92. The number of hydrogen-bond donors (Lipinski definition) is 2. The Morgan fingerprint density at radius 3 is 2.52 bits per heavy atom. The molecule has 0 saturated heterocycles. The fourth-order valence-electron chi connectivity index (χ4n) is 2.91. The van der Waals surface area contributed by atoms with Crippen LogP contribution in [-0.4, -0.2) is 50.2 Å². The van der Waals surface area contributed by atoms with Crippen LogP contribution in [0.25, 0.3) is 0 Å². The summed E-state index contributed by atoms with van der Waals surface area (Å²) in [6, 6.07) is 15.7. The Bertz CT molecular complexity index is 728. The minimum Gasteiger partial charge on any atom is -0.486 e. The third kappa shape index (κ3) is 6.43. The Hall–Kier alpha value is -2.28. The Labute approximate surface area is 166 Å². The van der Waals surface area contributed by atoms with Crippen molar-refractivity contribution in [3.63, 3.8) is 0 Å². The Kier molecular flexibility index (Phi) is 8.39. The monoisotopic (exact) mass is 391 g/mol. The van der Waals surface area contributed by atoms with Crippen molar-refractivity contribution < 1.29 is 14.3 Å². The first kappa shape index (κ1) is 21.0. The average Bonchev–Trinajstić information content (AvgIpc) is 2.67. The Balaban J connectivity index is 0.00000261. The van der Waals surface area contributed by atoms with Gasteiger partial charge >= 0.3 is 0 Å². The van der Waals surface area contributed by atoms with Crippen molar-refractivity contribution in [2.24, 2.45) is 5.73 Å². The number of nitrogens with one attached hydrogen (secondary N) is 1. The maximum Gasteiger partial charge on any atom is 0.238 e. The van der Waals surface area contributed by atoms with Crippen LogP contribution in [0.3, 0.4) is 0 Å². The van der Waals surface area contributed by atoms with Crippen LogP contribution in [0.5, 0.6) is 11.5 Å². The quantitative estimate of drug-likeness (QED) is 0.722. The molecule has 0 bridgehead atoms. The van der Waals surface area contributed by atoms with Crippen molar-refractivity contribution in [2.45, 2.75) is 6.42 Å². The first-order valence-corrected chi connectivity index (χ1v) is 8.90. The number of halogens is 1. The van der Waals surface area contributed by atoms with Gasteiger partial charge in [0.2, 0.25) is 5.91 Å². The van der Waals surface area contributed by atoms with Gasteiger partial charge in [0.25, 0.3) is 0 Å². The van der Waals surface area contributed by atoms with Gasteiger partial charge < -0.3 is 20.5 Å². The topological polar surface area (TPSA) is 76.8 Å². The molecule has 0 atom stereocenters. The first-order chi connectivity index (χ1) is 12.7. The van der Waals surface area contributed by atoms with Crippen molar-refractivity contribution in [1.82, 2.24) is 4.90 Å². The molecule has 3 N–H and O–H groups in total. The number of benzene rings is 2. The highest BCUT2D eigenvalue weighted by atomic mass is 35.5. The molecule has 3 rings (SSSR count). The van der Waals surface area contributed by atoms with Crippen LogP contribution in [0.4, 0.5) is 5.69 Å². The number of nitrogens with two attached hydrogens (primary N) is 1. The van der Waals surface area contributed by atoms with E-state index < -0.39 is 0 Å². The lowest BCUT2D eigenvalue weighted by Crippen LogP contribution is -2.38. The fourth-order valence-corrected chi connectivity index (χ4v) is 2.91. The van der Waals surface area contributed by atoms with Crippen LogP contribution >= 0.6 is 12.4 Å². The van der Waals surface area contributed by atoms with Crippen LogP contribution in [0, 0.1) is 0 Å². The molecule has 0 unspecified atom stereocenters. The summed E-state index contributed by atoms with van der Waals surface area (Å²) < 4.78 is 11.0. The number of ether oxygens (including phenoxy) is 2. The predicted molar refractivity (Wildman–Crippen MR) is 109 cm³/mol. The number of nitrogens with zero attached hydrogens (tertiary/aromatic N) is 1. The lowest BCUT2D eigenvalue weighted by Gasteiger charge is -2.22. The van der Waals surface area contributed by atoms with Gasteiger partial charge in [0.1, 0.15) is 13.2 Å². The second kappa shape index (κ2) is 10.8. The van der Waals surface area contributed by atoms with E-state index in [1.165, 1.54) is 5.56 Å². The Morgan fingerprint density at radius 1 is 1.04 bits per heavy atom. The van der Waals surface area contributed by atoms with Crippen LogP contribution in [0.15, 0.2) is 48.5 Å². The fraction of sp³-hybridized carbons (Fsp3) is 0.350. The summed E-state index contributed by atoms with van der Waals surface area (Å²) >= 11 is 0. The zero-order valence-electron chi connectivity index (χ0n) is 15.2. The van der Waals surface area contributed by atoms with Gasteiger partial charge in [0.15, 0.2) is 11.5 Å². The van der Waals surface area contributed by atoms with Gasteiger partial charge in [-0.3, -0.25) is 9.69 Å². The molecule has 0 aliphatic carbocycles. The van der Waals surface area contributed by atoms with E-state index in [1.807, 2.05) is 30.3 Å². The normalized spacial score (nSPS) is 12.4. The molecular weight excluding hydrogens is 366 g/mol. The smallest absolute Gasteiger partial charge is 0.238 e. The predicted octanol–water partition coefficient (Wildman–Crippen LogP) is 2.32. The summed E-state index contributed by atoms with van der Waals surface area (Å²) in [6.07, 6.45) is 0.887. The van der Waals surface area contributed by atoms with Crippen molar-refractivity contribution in [3.8, 4) is 11.5 Å².